The second kappa shape index (κ2) is 7.70. The Balaban J connectivity index is 1.60. The van der Waals surface area contributed by atoms with Crippen LogP contribution in [0.5, 0.6) is 0 Å². The van der Waals surface area contributed by atoms with Gasteiger partial charge in [0.2, 0.25) is 11.9 Å². The highest BCUT2D eigenvalue weighted by molar-refractivity contribution is 6.31. The largest absolute Gasteiger partial charge is 0.293 e. The van der Waals surface area contributed by atoms with Crippen LogP contribution >= 0.6 is 11.6 Å². The van der Waals surface area contributed by atoms with Gasteiger partial charge < -0.3 is 0 Å². The topological polar surface area (TPSA) is 77.6 Å². The summed E-state index contributed by atoms with van der Waals surface area (Å²) in [6.07, 6.45) is 1.61. The second-order valence-electron chi connectivity index (χ2n) is 6.31. The molecule has 3 rings (SSSR count). The summed E-state index contributed by atoms with van der Waals surface area (Å²) in [6, 6.07) is 9.95. The molecule has 1 atom stereocenters. The molecule has 136 valence electrons. The number of carbonyl (C=O) groups excluding carboxylic acids is 1. The van der Waals surface area contributed by atoms with Crippen LogP contribution in [0, 0.1) is 19.8 Å². The number of nitrogens with zero attached hydrogens (tertiary/aromatic N) is 5. The third-order valence-corrected chi connectivity index (χ3v) is 4.69. The van der Waals surface area contributed by atoms with Crippen LogP contribution in [-0.2, 0) is 17.9 Å². The zero-order chi connectivity index (χ0) is 18.7. The summed E-state index contributed by atoms with van der Waals surface area (Å²) in [5, 5.41) is 12.1. The molecular weight excluding hydrogens is 352 g/mol. The van der Waals surface area contributed by atoms with Gasteiger partial charge in [-0.2, -0.15) is 5.10 Å². The molecule has 1 amide bonds. The van der Waals surface area contributed by atoms with Gasteiger partial charge in [-0.1, -0.05) is 48.9 Å². The Bertz CT molecular complexity index is 902. The molecule has 0 saturated heterocycles. The molecule has 0 fully saturated rings. The minimum absolute atomic E-state index is 0.161. The first-order valence-corrected chi connectivity index (χ1v) is 8.75. The first kappa shape index (κ1) is 18.1. The van der Waals surface area contributed by atoms with Gasteiger partial charge in [-0.3, -0.25) is 14.8 Å². The van der Waals surface area contributed by atoms with Crippen molar-refractivity contribution in [2.75, 3.05) is 5.32 Å². The van der Waals surface area contributed by atoms with Crippen LogP contribution < -0.4 is 5.32 Å². The van der Waals surface area contributed by atoms with E-state index in [9.17, 15) is 4.79 Å². The Morgan fingerprint density at radius 2 is 1.96 bits per heavy atom. The van der Waals surface area contributed by atoms with Gasteiger partial charge in [0.25, 0.3) is 0 Å². The van der Waals surface area contributed by atoms with Crippen LogP contribution in [0.2, 0.25) is 5.02 Å². The summed E-state index contributed by atoms with van der Waals surface area (Å²) < 4.78 is 3.44. The molecule has 8 heteroatoms. The minimum atomic E-state index is -0.301. The van der Waals surface area contributed by atoms with Crippen molar-refractivity contribution in [3.63, 3.8) is 0 Å². The van der Waals surface area contributed by atoms with Crippen LogP contribution in [-0.4, -0.2) is 30.5 Å². The van der Waals surface area contributed by atoms with Crippen molar-refractivity contribution in [1.29, 1.82) is 0 Å². The van der Waals surface area contributed by atoms with Crippen molar-refractivity contribution in [2.24, 2.45) is 5.92 Å². The van der Waals surface area contributed by atoms with E-state index in [0.717, 1.165) is 17.0 Å². The molecule has 2 heterocycles. The predicted molar refractivity (Wildman–Crippen MR) is 100 cm³/mol. The third kappa shape index (κ3) is 4.11. The van der Waals surface area contributed by atoms with Gasteiger partial charge in [0.1, 0.15) is 6.33 Å². The van der Waals surface area contributed by atoms with E-state index in [-0.39, 0.29) is 11.8 Å². The fourth-order valence-corrected chi connectivity index (χ4v) is 2.76. The van der Waals surface area contributed by atoms with E-state index in [1.54, 1.807) is 15.7 Å². The van der Waals surface area contributed by atoms with Gasteiger partial charge in [0.05, 0.1) is 35.4 Å². The number of aryl methyl sites for hydroxylation is 1. The smallest absolute Gasteiger partial charge is 0.248 e. The number of benzene rings is 1. The minimum Gasteiger partial charge on any atom is -0.293 e. The first-order valence-electron chi connectivity index (χ1n) is 8.37. The van der Waals surface area contributed by atoms with Crippen molar-refractivity contribution in [3.05, 3.63) is 58.6 Å². The summed E-state index contributed by atoms with van der Waals surface area (Å²) in [6.45, 7) is 6.61. The molecule has 0 radical (unpaired) electrons. The lowest BCUT2D eigenvalue weighted by Gasteiger charge is -2.11. The SMILES string of the molecule is Cc1nn(CC(C)C(=O)Nc2ncn(Cc3ccccc3)n2)c(C)c1Cl. The van der Waals surface area contributed by atoms with Crippen molar-refractivity contribution in [3.8, 4) is 0 Å². The molecule has 1 aromatic carbocycles. The number of amides is 1. The Morgan fingerprint density at radius 1 is 1.23 bits per heavy atom. The fourth-order valence-electron chi connectivity index (χ4n) is 2.63. The van der Waals surface area contributed by atoms with Gasteiger partial charge in [-0.05, 0) is 19.4 Å². The van der Waals surface area contributed by atoms with Crippen molar-refractivity contribution < 1.29 is 4.79 Å². The van der Waals surface area contributed by atoms with E-state index in [1.165, 1.54) is 0 Å². The van der Waals surface area contributed by atoms with Crippen LogP contribution in [0.1, 0.15) is 23.9 Å². The monoisotopic (exact) mass is 372 g/mol. The van der Waals surface area contributed by atoms with Crippen LogP contribution in [0.4, 0.5) is 5.95 Å². The van der Waals surface area contributed by atoms with Gasteiger partial charge in [0.15, 0.2) is 0 Å². The van der Waals surface area contributed by atoms with Crippen LogP contribution in [0.3, 0.4) is 0 Å². The lowest BCUT2D eigenvalue weighted by Crippen LogP contribution is -2.26. The Morgan fingerprint density at radius 3 is 2.62 bits per heavy atom. The lowest BCUT2D eigenvalue weighted by molar-refractivity contribution is -0.119. The summed E-state index contributed by atoms with van der Waals surface area (Å²) in [4.78, 5) is 16.6. The number of hydrogen-bond donors (Lipinski definition) is 1. The number of rotatable bonds is 6. The van der Waals surface area contributed by atoms with Gasteiger partial charge >= 0.3 is 0 Å². The number of halogens is 1. The lowest BCUT2D eigenvalue weighted by atomic mass is 10.1. The standard InChI is InChI=1S/C18H21ClN6O/c1-12(9-25-14(3)16(19)13(2)22-25)17(26)21-18-20-11-24(23-18)10-15-7-5-4-6-8-15/h4-8,11-12H,9-10H2,1-3H3,(H,21,23,26). The number of nitrogens with one attached hydrogen (secondary N) is 1. The van der Waals surface area contributed by atoms with E-state index in [2.05, 4.69) is 20.5 Å². The average molecular weight is 373 g/mol. The quantitative estimate of drug-likeness (QED) is 0.721. The van der Waals surface area contributed by atoms with Crippen LogP contribution in [0.15, 0.2) is 36.7 Å². The Kier molecular flexibility index (Phi) is 5.37. The highest BCUT2D eigenvalue weighted by Gasteiger charge is 2.18. The van der Waals surface area contributed by atoms with E-state index >= 15 is 0 Å². The number of hydrogen-bond acceptors (Lipinski definition) is 4. The zero-order valence-electron chi connectivity index (χ0n) is 15.0. The molecule has 7 nitrogen and oxygen atoms in total. The van der Waals surface area contributed by atoms with E-state index in [0.29, 0.717) is 24.1 Å². The van der Waals surface area contributed by atoms with Crippen molar-refractivity contribution >= 4 is 23.5 Å². The summed E-state index contributed by atoms with van der Waals surface area (Å²) in [5.41, 5.74) is 2.73. The number of aromatic nitrogens is 5. The molecule has 0 spiro atoms. The van der Waals surface area contributed by atoms with E-state index < -0.39 is 0 Å². The highest BCUT2D eigenvalue weighted by Crippen LogP contribution is 2.20. The summed E-state index contributed by atoms with van der Waals surface area (Å²) in [7, 11) is 0. The van der Waals surface area contributed by atoms with E-state index in [4.69, 9.17) is 11.6 Å². The molecule has 1 unspecified atom stereocenters. The van der Waals surface area contributed by atoms with Crippen molar-refractivity contribution in [1.82, 2.24) is 24.5 Å². The highest BCUT2D eigenvalue weighted by atomic mass is 35.5. The van der Waals surface area contributed by atoms with Gasteiger partial charge in [-0.25, -0.2) is 9.67 Å². The Labute approximate surface area is 157 Å². The summed E-state index contributed by atoms with van der Waals surface area (Å²) in [5.74, 6) is -0.166. The molecule has 2 aromatic heterocycles. The molecule has 0 bridgehead atoms. The maximum Gasteiger partial charge on any atom is 0.248 e. The summed E-state index contributed by atoms with van der Waals surface area (Å²) >= 11 is 6.15. The normalized spacial score (nSPS) is 12.2. The maximum absolute atomic E-state index is 12.4. The fraction of sp³-hybridized carbons (Fsp3) is 0.333. The molecule has 3 aromatic rings. The molecular formula is C18H21ClN6O. The van der Waals surface area contributed by atoms with E-state index in [1.807, 2.05) is 51.1 Å². The molecule has 26 heavy (non-hydrogen) atoms. The van der Waals surface area contributed by atoms with Crippen molar-refractivity contribution in [2.45, 2.75) is 33.9 Å². The first-order chi connectivity index (χ1) is 12.4. The number of anilines is 1. The molecule has 0 aliphatic heterocycles. The molecule has 1 N–H and O–H groups in total. The van der Waals surface area contributed by atoms with Gasteiger partial charge in [-0.15, -0.1) is 5.10 Å². The maximum atomic E-state index is 12.4. The van der Waals surface area contributed by atoms with Gasteiger partial charge in [0, 0.05) is 0 Å². The molecule has 0 aliphatic carbocycles. The predicted octanol–water partition coefficient (Wildman–Crippen LogP) is 3.07. The Hall–Kier alpha value is -2.67. The zero-order valence-corrected chi connectivity index (χ0v) is 15.7. The third-order valence-electron chi connectivity index (χ3n) is 4.15. The molecule has 0 saturated carbocycles. The second-order valence-corrected chi connectivity index (χ2v) is 6.69. The average Bonchev–Trinajstić information content (AvgIpc) is 3.16. The van der Waals surface area contributed by atoms with Crippen LogP contribution in [0.25, 0.3) is 0 Å². The number of carbonyl (C=O) groups is 1. The molecule has 0 aliphatic rings.